The number of nitro groups is 1. The summed E-state index contributed by atoms with van der Waals surface area (Å²) >= 11 is 0. The normalized spacial score (nSPS) is 11.8. The Hall–Kier alpha value is -2.76. The third-order valence-electron chi connectivity index (χ3n) is 3.73. The maximum absolute atomic E-state index is 12.5. The van der Waals surface area contributed by atoms with Gasteiger partial charge < -0.3 is 4.90 Å². The molecule has 0 fully saturated rings. The summed E-state index contributed by atoms with van der Waals surface area (Å²) in [5, 5.41) is 10.8. The Morgan fingerprint density at radius 2 is 1.91 bits per heavy atom. The first-order chi connectivity index (χ1) is 10.4. The lowest BCUT2D eigenvalue weighted by atomic mass is 10.1. The van der Waals surface area contributed by atoms with Gasteiger partial charge in [0.25, 0.3) is 11.6 Å². The molecule has 0 spiro atoms. The van der Waals surface area contributed by atoms with Crippen LogP contribution in [0.15, 0.2) is 42.7 Å². The predicted molar refractivity (Wildman–Crippen MR) is 82.6 cm³/mol. The van der Waals surface area contributed by atoms with E-state index in [4.69, 9.17) is 0 Å². The first-order valence-corrected chi connectivity index (χ1v) is 6.84. The van der Waals surface area contributed by atoms with Gasteiger partial charge in [-0.15, -0.1) is 0 Å². The molecule has 0 N–H and O–H groups in total. The Morgan fingerprint density at radius 1 is 1.27 bits per heavy atom. The van der Waals surface area contributed by atoms with E-state index in [2.05, 4.69) is 4.98 Å². The van der Waals surface area contributed by atoms with Crippen LogP contribution in [0.1, 0.15) is 34.5 Å². The molecule has 114 valence electrons. The zero-order valence-corrected chi connectivity index (χ0v) is 12.7. The maximum Gasteiger partial charge on any atom is 0.272 e. The quantitative estimate of drug-likeness (QED) is 0.642. The maximum atomic E-state index is 12.5. The molecule has 1 unspecified atom stereocenters. The van der Waals surface area contributed by atoms with Gasteiger partial charge >= 0.3 is 0 Å². The minimum Gasteiger partial charge on any atom is -0.335 e. The fraction of sp³-hybridized carbons (Fsp3) is 0.250. The van der Waals surface area contributed by atoms with Gasteiger partial charge in [-0.3, -0.25) is 19.9 Å². The number of hydrogen-bond acceptors (Lipinski definition) is 4. The molecule has 0 aliphatic heterocycles. The Morgan fingerprint density at radius 3 is 2.45 bits per heavy atom. The van der Waals surface area contributed by atoms with Crippen molar-refractivity contribution in [2.45, 2.75) is 19.9 Å². The minimum absolute atomic E-state index is 0.0152. The van der Waals surface area contributed by atoms with Crippen molar-refractivity contribution in [2.24, 2.45) is 0 Å². The molecule has 0 saturated heterocycles. The number of benzene rings is 1. The first kappa shape index (κ1) is 15.6. The molecule has 1 atom stereocenters. The van der Waals surface area contributed by atoms with Gasteiger partial charge in [0.15, 0.2) is 0 Å². The number of nitrogens with zero attached hydrogens (tertiary/aromatic N) is 3. The topological polar surface area (TPSA) is 76.3 Å². The van der Waals surface area contributed by atoms with E-state index in [0.717, 1.165) is 5.56 Å². The summed E-state index contributed by atoms with van der Waals surface area (Å²) in [6.07, 6.45) is 3.36. The lowest BCUT2D eigenvalue weighted by Crippen LogP contribution is -2.29. The molecule has 1 amide bonds. The number of carbonyl (C=O) groups excluding carboxylic acids is 1. The molecule has 1 aromatic heterocycles. The van der Waals surface area contributed by atoms with E-state index in [1.807, 2.05) is 19.1 Å². The SMILES string of the molecule is Cc1cc(C(=O)N(C)C(C)c2ccncc2)ccc1[N+](=O)[O-]. The molecule has 6 heteroatoms. The number of aryl methyl sites for hydroxylation is 1. The van der Waals surface area contributed by atoms with E-state index in [1.54, 1.807) is 37.3 Å². The smallest absolute Gasteiger partial charge is 0.272 e. The van der Waals surface area contributed by atoms with Crippen molar-refractivity contribution in [3.8, 4) is 0 Å². The summed E-state index contributed by atoms with van der Waals surface area (Å²) in [4.78, 5) is 28.5. The van der Waals surface area contributed by atoms with Crippen molar-refractivity contribution in [1.29, 1.82) is 0 Å². The monoisotopic (exact) mass is 299 g/mol. The third-order valence-corrected chi connectivity index (χ3v) is 3.73. The van der Waals surface area contributed by atoms with E-state index < -0.39 is 4.92 Å². The highest BCUT2D eigenvalue weighted by Crippen LogP contribution is 2.23. The molecule has 6 nitrogen and oxygen atoms in total. The zero-order chi connectivity index (χ0) is 16.3. The van der Waals surface area contributed by atoms with Crippen LogP contribution in [0.2, 0.25) is 0 Å². The Balaban J connectivity index is 2.24. The van der Waals surface area contributed by atoms with Crippen LogP contribution in [0, 0.1) is 17.0 Å². The summed E-state index contributed by atoms with van der Waals surface area (Å²) in [5.41, 5.74) is 1.90. The highest BCUT2D eigenvalue weighted by Gasteiger charge is 2.20. The summed E-state index contributed by atoms with van der Waals surface area (Å²) in [7, 11) is 1.71. The van der Waals surface area contributed by atoms with Crippen molar-refractivity contribution in [3.63, 3.8) is 0 Å². The molecule has 0 saturated carbocycles. The van der Waals surface area contributed by atoms with E-state index in [-0.39, 0.29) is 17.6 Å². The second-order valence-electron chi connectivity index (χ2n) is 5.13. The van der Waals surface area contributed by atoms with Crippen LogP contribution in [-0.2, 0) is 0 Å². The molecular formula is C16H17N3O3. The van der Waals surface area contributed by atoms with Crippen LogP contribution in [0.3, 0.4) is 0 Å². The highest BCUT2D eigenvalue weighted by atomic mass is 16.6. The molecule has 1 heterocycles. The van der Waals surface area contributed by atoms with Crippen molar-refractivity contribution in [3.05, 3.63) is 69.5 Å². The Labute approximate surface area is 128 Å². The van der Waals surface area contributed by atoms with E-state index in [1.165, 1.54) is 12.1 Å². The van der Waals surface area contributed by atoms with Crippen LogP contribution in [-0.4, -0.2) is 27.8 Å². The average molecular weight is 299 g/mol. The van der Waals surface area contributed by atoms with E-state index >= 15 is 0 Å². The number of carbonyl (C=O) groups is 1. The summed E-state index contributed by atoms with van der Waals surface area (Å²) in [5.74, 6) is -0.178. The van der Waals surface area contributed by atoms with Crippen LogP contribution in [0.5, 0.6) is 0 Å². The number of nitro benzene ring substituents is 1. The van der Waals surface area contributed by atoms with Crippen molar-refractivity contribution < 1.29 is 9.72 Å². The molecule has 0 aliphatic rings. The van der Waals surface area contributed by atoms with E-state index in [0.29, 0.717) is 11.1 Å². The lowest BCUT2D eigenvalue weighted by Gasteiger charge is -2.25. The zero-order valence-electron chi connectivity index (χ0n) is 12.7. The molecule has 0 bridgehead atoms. The predicted octanol–water partition coefficient (Wildman–Crippen LogP) is 3.13. The molecule has 1 aromatic carbocycles. The van der Waals surface area contributed by atoms with Gasteiger partial charge in [0.05, 0.1) is 11.0 Å². The molecule has 2 rings (SSSR count). The Bertz CT molecular complexity index is 701. The molecule has 2 aromatic rings. The van der Waals surface area contributed by atoms with Crippen molar-refractivity contribution in [2.75, 3.05) is 7.05 Å². The van der Waals surface area contributed by atoms with Gasteiger partial charge in [-0.2, -0.15) is 0 Å². The van der Waals surface area contributed by atoms with E-state index in [9.17, 15) is 14.9 Å². The van der Waals surface area contributed by atoms with Crippen LogP contribution >= 0.6 is 0 Å². The minimum atomic E-state index is -0.451. The number of aromatic nitrogens is 1. The van der Waals surface area contributed by atoms with Gasteiger partial charge in [0, 0.05) is 36.6 Å². The largest absolute Gasteiger partial charge is 0.335 e. The van der Waals surface area contributed by atoms with Gasteiger partial charge in [-0.1, -0.05) is 0 Å². The lowest BCUT2D eigenvalue weighted by molar-refractivity contribution is -0.385. The highest BCUT2D eigenvalue weighted by molar-refractivity contribution is 5.94. The van der Waals surface area contributed by atoms with Crippen molar-refractivity contribution >= 4 is 11.6 Å². The fourth-order valence-electron chi connectivity index (χ4n) is 2.24. The third kappa shape index (κ3) is 3.11. The van der Waals surface area contributed by atoms with Gasteiger partial charge in [0.2, 0.25) is 0 Å². The fourth-order valence-corrected chi connectivity index (χ4v) is 2.24. The number of rotatable bonds is 4. The molecular weight excluding hydrogens is 282 g/mol. The molecule has 22 heavy (non-hydrogen) atoms. The number of pyridine rings is 1. The second-order valence-corrected chi connectivity index (χ2v) is 5.13. The standard InChI is InChI=1S/C16H17N3O3/c1-11-10-14(4-5-15(11)19(21)22)16(20)18(3)12(2)13-6-8-17-9-7-13/h4-10,12H,1-3H3. The first-order valence-electron chi connectivity index (χ1n) is 6.84. The number of hydrogen-bond donors (Lipinski definition) is 0. The average Bonchev–Trinajstić information content (AvgIpc) is 2.53. The number of amides is 1. The summed E-state index contributed by atoms with van der Waals surface area (Å²) in [6, 6.07) is 8.00. The van der Waals surface area contributed by atoms with Crippen LogP contribution in [0.4, 0.5) is 5.69 Å². The Kier molecular flexibility index (Phi) is 4.50. The summed E-state index contributed by atoms with van der Waals surface area (Å²) < 4.78 is 0. The van der Waals surface area contributed by atoms with Crippen LogP contribution < -0.4 is 0 Å². The van der Waals surface area contributed by atoms with Gasteiger partial charge in [0.1, 0.15) is 0 Å². The van der Waals surface area contributed by atoms with Crippen LogP contribution in [0.25, 0.3) is 0 Å². The van der Waals surface area contributed by atoms with Crippen molar-refractivity contribution in [1.82, 2.24) is 9.88 Å². The summed E-state index contributed by atoms with van der Waals surface area (Å²) in [6.45, 7) is 3.55. The molecule has 0 radical (unpaired) electrons. The second kappa shape index (κ2) is 6.34. The molecule has 0 aliphatic carbocycles. The van der Waals surface area contributed by atoms with Gasteiger partial charge in [-0.25, -0.2) is 0 Å². The van der Waals surface area contributed by atoms with Gasteiger partial charge in [-0.05, 0) is 43.7 Å².